The van der Waals surface area contributed by atoms with E-state index in [9.17, 15) is 19.4 Å². The Morgan fingerprint density at radius 1 is 1.31 bits per heavy atom. The lowest BCUT2D eigenvalue weighted by atomic mass is 10.1. The molecule has 1 amide bonds. The second kappa shape index (κ2) is 8.96. The number of phenols is 1. The number of anilines is 1. The van der Waals surface area contributed by atoms with Crippen molar-refractivity contribution in [1.29, 1.82) is 0 Å². The van der Waals surface area contributed by atoms with Crippen LogP contribution in [-0.4, -0.2) is 70.6 Å². The molecule has 0 radical (unpaired) electrons. The molecule has 9 heteroatoms. The van der Waals surface area contributed by atoms with E-state index >= 15 is 0 Å². The summed E-state index contributed by atoms with van der Waals surface area (Å²) in [5, 5.41) is 20.7. The van der Waals surface area contributed by atoms with Crippen molar-refractivity contribution in [3.05, 3.63) is 47.8 Å². The zero-order valence-electron chi connectivity index (χ0n) is 18.0. The molecule has 1 fully saturated rings. The van der Waals surface area contributed by atoms with Crippen molar-refractivity contribution in [3.63, 3.8) is 0 Å². The van der Waals surface area contributed by atoms with Crippen molar-refractivity contribution in [2.45, 2.75) is 19.4 Å². The first-order chi connectivity index (χ1) is 15.4. The topological polar surface area (TPSA) is 99.0 Å². The Morgan fingerprint density at radius 2 is 2.12 bits per heavy atom. The van der Waals surface area contributed by atoms with Crippen LogP contribution in [-0.2, 0) is 4.74 Å². The van der Waals surface area contributed by atoms with Gasteiger partial charge in [-0.25, -0.2) is 19.2 Å². The lowest BCUT2D eigenvalue weighted by molar-refractivity contribution is 0.102. The van der Waals surface area contributed by atoms with E-state index in [1.54, 1.807) is 0 Å². The standard InChI is InChI=1S/C23H25FN4O4/c1-14-6-7-16-18(12-14)25-21(20-17(24)4-3-5-19(20)29)26-22(16)27-9-8-15(13-27)28(23(30)31)10-11-32-2/h3-7,12,15,29H,8-11,13H2,1-2H3,(H,30,31)/t15-/m1/s1. The normalized spacial score (nSPS) is 16.0. The zero-order valence-corrected chi connectivity index (χ0v) is 18.0. The van der Waals surface area contributed by atoms with Gasteiger partial charge in [-0.15, -0.1) is 0 Å². The van der Waals surface area contributed by atoms with Crippen LogP contribution in [0.25, 0.3) is 22.3 Å². The van der Waals surface area contributed by atoms with Gasteiger partial charge in [0.2, 0.25) is 0 Å². The van der Waals surface area contributed by atoms with Crippen molar-refractivity contribution in [1.82, 2.24) is 14.9 Å². The molecule has 2 aromatic carbocycles. The van der Waals surface area contributed by atoms with Crippen molar-refractivity contribution in [2.75, 3.05) is 38.3 Å². The molecule has 2 N–H and O–H groups in total. The Hall–Kier alpha value is -3.46. The number of amides is 1. The van der Waals surface area contributed by atoms with Crippen molar-refractivity contribution in [3.8, 4) is 17.1 Å². The van der Waals surface area contributed by atoms with Gasteiger partial charge in [0.15, 0.2) is 5.82 Å². The highest BCUT2D eigenvalue weighted by atomic mass is 19.1. The summed E-state index contributed by atoms with van der Waals surface area (Å²) in [5.41, 5.74) is 1.56. The smallest absolute Gasteiger partial charge is 0.407 e. The molecule has 0 spiro atoms. The van der Waals surface area contributed by atoms with Gasteiger partial charge >= 0.3 is 6.09 Å². The van der Waals surface area contributed by atoms with E-state index in [0.717, 1.165) is 10.9 Å². The van der Waals surface area contributed by atoms with Gasteiger partial charge in [-0.2, -0.15) is 0 Å². The third-order valence-electron chi connectivity index (χ3n) is 5.73. The maximum absolute atomic E-state index is 14.6. The fraction of sp³-hybridized carbons (Fsp3) is 0.348. The number of hydrogen-bond acceptors (Lipinski definition) is 6. The van der Waals surface area contributed by atoms with Crippen LogP contribution in [0.5, 0.6) is 5.75 Å². The lowest BCUT2D eigenvalue weighted by Gasteiger charge is -2.26. The molecule has 32 heavy (non-hydrogen) atoms. The fourth-order valence-corrected chi connectivity index (χ4v) is 4.12. The molecule has 1 aliphatic heterocycles. The van der Waals surface area contributed by atoms with Gasteiger partial charge in [0.1, 0.15) is 17.4 Å². The number of rotatable bonds is 6. The number of ether oxygens (including phenoxy) is 1. The van der Waals surface area contributed by atoms with Gasteiger partial charge in [-0.1, -0.05) is 12.1 Å². The number of halogens is 1. The summed E-state index contributed by atoms with van der Waals surface area (Å²) in [7, 11) is 1.54. The summed E-state index contributed by atoms with van der Waals surface area (Å²) in [4.78, 5) is 24.3. The maximum atomic E-state index is 14.6. The summed E-state index contributed by atoms with van der Waals surface area (Å²) in [6.45, 7) is 3.56. The molecule has 3 aromatic rings. The van der Waals surface area contributed by atoms with E-state index in [2.05, 4.69) is 9.97 Å². The molecular formula is C23H25FN4O4. The Bertz CT molecular complexity index is 1140. The number of carbonyl (C=O) groups is 1. The summed E-state index contributed by atoms with van der Waals surface area (Å²) in [5.74, 6) is -0.170. The highest BCUT2D eigenvalue weighted by Gasteiger charge is 2.32. The number of aromatic hydroxyl groups is 1. The first-order valence-corrected chi connectivity index (χ1v) is 10.4. The number of fused-ring (bicyclic) bond motifs is 1. The van der Waals surface area contributed by atoms with E-state index in [-0.39, 0.29) is 29.7 Å². The first-order valence-electron chi connectivity index (χ1n) is 10.4. The third kappa shape index (κ3) is 4.16. The molecule has 1 atom stereocenters. The van der Waals surface area contributed by atoms with Gasteiger partial charge in [0.05, 0.1) is 23.7 Å². The molecule has 2 heterocycles. The first kappa shape index (κ1) is 21.8. The van der Waals surface area contributed by atoms with Gasteiger partial charge in [-0.05, 0) is 43.2 Å². The van der Waals surface area contributed by atoms with Crippen LogP contribution in [0.4, 0.5) is 15.0 Å². The average Bonchev–Trinajstić information content (AvgIpc) is 3.22. The van der Waals surface area contributed by atoms with E-state index in [1.165, 1.54) is 30.2 Å². The predicted molar refractivity (Wildman–Crippen MR) is 119 cm³/mol. The average molecular weight is 440 g/mol. The van der Waals surface area contributed by atoms with Crippen LogP contribution in [0.1, 0.15) is 12.0 Å². The monoisotopic (exact) mass is 440 g/mol. The second-order valence-electron chi connectivity index (χ2n) is 7.88. The molecule has 8 nitrogen and oxygen atoms in total. The second-order valence-corrected chi connectivity index (χ2v) is 7.88. The predicted octanol–water partition coefficient (Wildman–Crippen LogP) is 3.66. The molecule has 168 valence electrons. The summed E-state index contributed by atoms with van der Waals surface area (Å²) >= 11 is 0. The van der Waals surface area contributed by atoms with Crippen LogP contribution >= 0.6 is 0 Å². The van der Waals surface area contributed by atoms with E-state index in [1.807, 2.05) is 30.0 Å². The highest BCUT2D eigenvalue weighted by Crippen LogP contribution is 2.35. The highest BCUT2D eigenvalue weighted by molar-refractivity contribution is 5.92. The lowest BCUT2D eigenvalue weighted by Crippen LogP contribution is -2.43. The number of carboxylic acid groups (broad SMARTS) is 1. The maximum Gasteiger partial charge on any atom is 0.407 e. The molecule has 1 aromatic heterocycles. The van der Waals surface area contributed by atoms with E-state index < -0.39 is 11.9 Å². The molecule has 1 saturated heterocycles. The molecule has 1 aliphatic rings. The zero-order chi connectivity index (χ0) is 22.8. The van der Waals surface area contributed by atoms with Gasteiger partial charge in [0.25, 0.3) is 0 Å². The number of nitrogens with zero attached hydrogens (tertiary/aromatic N) is 4. The Labute approximate surface area is 184 Å². The Balaban J connectivity index is 1.76. The number of aryl methyl sites for hydroxylation is 1. The molecule has 0 saturated carbocycles. The van der Waals surface area contributed by atoms with Crippen molar-refractivity contribution >= 4 is 22.8 Å². The Kier molecular flexibility index (Phi) is 6.09. The molecule has 0 bridgehead atoms. The van der Waals surface area contributed by atoms with Crippen molar-refractivity contribution < 1.29 is 24.1 Å². The van der Waals surface area contributed by atoms with E-state index in [4.69, 9.17) is 4.74 Å². The van der Waals surface area contributed by atoms with Crippen LogP contribution in [0, 0.1) is 12.7 Å². The minimum Gasteiger partial charge on any atom is -0.507 e. The molecule has 0 unspecified atom stereocenters. The summed E-state index contributed by atoms with van der Waals surface area (Å²) < 4.78 is 19.6. The van der Waals surface area contributed by atoms with Crippen LogP contribution in [0.3, 0.4) is 0 Å². The summed E-state index contributed by atoms with van der Waals surface area (Å²) in [6.07, 6.45) is -0.359. The van der Waals surface area contributed by atoms with E-state index in [0.29, 0.717) is 37.5 Å². The molecule has 4 rings (SSSR count). The summed E-state index contributed by atoms with van der Waals surface area (Å²) in [6, 6.07) is 9.61. The molecular weight excluding hydrogens is 415 g/mol. The number of methoxy groups -OCH3 is 1. The van der Waals surface area contributed by atoms with Crippen LogP contribution in [0.15, 0.2) is 36.4 Å². The van der Waals surface area contributed by atoms with Gasteiger partial charge in [-0.3, -0.25) is 0 Å². The van der Waals surface area contributed by atoms with Crippen LogP contribution in [0.2, 0.25) is 0 Å². The SMILES string of the molecule is COCCN(C(=O)O)[C@@H]1CCN(c2nc(-c3c(O)cccc3F)nc3cc(C)ccc23)C1. The van der Waals surface area contributed by atoms with Gasteiger partial charge < -0.3 is 24.7 Å². The number of hydrogen-bond donors (Lipinski definition) is 2. The quantitative estimate of drug-likeness (QED) is 0.604. The Morgan fingerprint density at radius 3 is 2.84 bits per heavy atom. The number of benzene rings is 2. The number of aromatic nitrogens is 2. The number of phenolic OH excluding ortho intramolecular Hbond substituents is 1. The third-order valence-corrected chi connectivity index (χ3v) is 5.73. The largest absolute Gasteiger partial charge is 0.507 e. The fourth-order valence-electron chi connectivity index (χ4n) is 4.12. The minimum absolute atomic E-state index is 0.0554. The van der Waals surface area contributed by atoms with Crippen molar-refractivity contribution in [2.24, 2.45) is 0 Å². The molecule has 0 aliphatic carbocycles. The van der Waals surface area contributed by atoms with Gasteiger partial charge in [0, 0.05) is 32.1 Å². The van der Waals surface area contributed by atoms with Crippen LogP contribution < -0.4 is 4.90 Å². The minimum atomic E-state index is -0.992.